The Morgan fingerprint density at radius 1 is 1.10 bits per heavy atom. The van der Waals surface area contributed by atoms with E-state index in [1.165, 1.54) is 22.3 Å². The molecule has 0 amide bonds. The summed E-state index contributed by atoms with van der Waals surface area (Å²) in [5.41, 5.74) is 5.93. The summed E-state index contributed by atoms with van der Waals surface area (Å²) in [6, 6.07) is 4.97. The van der Waals surface area contributed by atoms with Crippen molar-refractivity contribution in [3.05, 3.63) is 34.4 Å². The molecule has 0 aromatic heterocycles. The summed E-state index contributed by atoms with van der Waals surface area (Å²) in [5, 5.41) is 3.49. The van der Waals surface area contributed by atoms with Crippen LogP contribution in [0.1, 0.15) is 49.1 Å². The van der Waals surface area contributed by atoms with Crippen molar-refractivity contribution >= 4 is 0 Å². The van der Waals surface area contributed by atoms with Gasteiger partial charge in [0.2, 0.25) is 0 Å². The summed E-state index contributed by atoms with van der Waals surface area (Å²) in [7, 11) is 4.28. The van der Waals surface area contributed by atoms with E-state index in [1.807, 2.05) is 0 Å². The molecule has 1 unspecified atom stereocenters. The van der Waals surface area contributed by atoms with Crippen LogP contribution < -0.4 is 5.32 Å². The normalized spacial score (nSPS) is 13.8. The van der Waals surface area contributed by atoms with Crippen LogP contribution in [0.5, 0.6) is 0 Å². The van der Waals surface area contributed by atoms with Crippen LogP contribution in [0.4, 0.5) is 0 Å². The number of nitrogens with zero attached hydrogens (tertiary/aromatic N) is 1. The first-order chi connectivity index (χ1) is 9.14. The molecule has 2 heteroatoms. The first-order valence-corrected chi connectivity index (χ1v) is 7.57. The third-order valence-electron chi connectivity index (χ3n) is 3.67. The second-order valence-corrected chi connectivity index (χ2v) is 7.41. The number of benzene rings is 1. The van der Waals surface area contributed by atoms with Crippen molar-refractivity contribution in [3.63, 3.8) is 0 Å². The molecule has 1 N–H and O–H groups in total. The lowest BCUT2D eigenvalue weighted by Gasteiger charge is -2.31. The van der Waals surface area contributed by atoms with Gasteiger partial charge in [0.15, 0.2) is 0 Å². The van der Waals surface area contributed by atoms with Crippen molar-refractivity contribution in [1.82, 2.24) is 10.2 Å². The number of hydrogen-bond acceptors (Lipinski definition) is 2. The highest BCUT2D eigenvalue weighted by Crippen LogP contribution is 2.25. The lowest BCUT2D eigenvalue weighted by molar-refractivity contribution is 0.210. The second-order valence-electron chi connectivity index (χ2n) is 7.41. The fourth-order valence-electron chi connectivity index (χ4n) is 3.25. The van der Waals surface area contributed by atoms with Gasteiger partial charge in [-0.25, -0.2) is 0 Å². The monoisotopic (exact) mass is 276 g/mol. The molecule has 20 heavy (non-hydrogen) atoms. The van der Waals surface area contributed by atoms with E-state index in [1.54, 1.807) is 0 Å². The predicted molar refractivity (Wildman–Crippen MR) is 89.4 cm³/mol. The van der Waals surface area contributed by atoms with Crippen LogP contribution in [-0.2, 0) is 0 Å². The average molecular weight is 276 g/mol. The molecule has 0 aliphatic rings. The third kappa shape index (κ3) is 4.92. The summed E-state index contributed by atoms with van der Waals surface area (Å²) in [6.45, 7) is 15.6. The lowest BCUT2D eigenvalue weighted by Crippen LogP contribution is -2.36. The van der Waals surface area contributed by atoms with Gasteiger partial charge in [-0.05, 0) is 57.0 Å². The molecule has 0 radical (unpaired) electrons. The van der Waals surface area contributed by atoms with E-state index < -0.39 is 0 Å². The molecule has 0 aliphatic carbocycles. The Morgan fingerprint density at radius 3 is 2.00 bits per heavy atom. The molecular formula is C18H32N2. The number of likely N-dealkylation sites (N-methyl/N-ethyl adjacent to an activating group) is 2. The van der Waals surface area contributed by atoms with Crippen LogP contribution in [0.2, 0.25) is 0 Å². The van der Waals surface area contributed by atoms with E-state index in [0.29, 0.717) is 11.5 Å². The Hall–Kier alpha value is -0.860. The quantitative estimate of drug-likeness (QED) is 0.879. The Bertz CT molecular complexity index is 420. The lowest BCUT2D eigenvalue weighted by atomic mass is 9.92. The van der Waals surface area contributed by atoms with Gasteiger partial charge in [-0.2, -0.15) is 0 Å². The van der Waals surface area contributed by atoms with Crippen molar-refractivity contribution < 1.29 is 0 Å². The van der Waals surface area contributed by atoms with Gasteiger partial charge in [-0.15, -0.1) is 0 Å². The van der Waals surface area contributed by atoms with Crippen LogP contribution in [0, 0.1) is 26.2 Å². The zero-order valence-corrected chi connectivity index (χ0v) is 14.6. The van der Waals surface area contributed by atoms with E-state index in [-0.39, 0.29) is 0 Å². The molecule has 1 aromatic rings. The van der Waals surface area contributed by atoms with Gasteiger partial charge in [-0.3, -0.25) is 0 Å². The number of rotatable bonds is 5. The minimum absolute atomic E-state index is 0.338. The zero-order chi connectivity index (χ0) is 15.5. The molecule has 1 rings (SSSR count). The van der Waals surface area contributed by atoms with Crippen LogP contribution in [0.3, 0.4) is 0 Å². The first-order valence-electron chi connectivity index (χ1n) is 7.57. The molecule has 0 heterocycles. The van der Waals surface area contributed by atoms with E-state index >= 15 is 0 Å². The van der Waals surface area contributed by atoms with E-state index in [2.05, 4.69) is 78.0 Å². The fraction of sp³-hybridized carbons (Fsp3) is 0.667. The van der Waals surface area contributed by atoms with Gasteiger partial charge in [0, 0.05) is 19.1 Å². The van der Waals surface area contributed by atoms with Crippen molar-refractivity contribution in [3.8, 4) is 0 Å². The van der Waals surface area contributed by atoms with E-state index in [4.69, 9.17) is 0 Å². The molecule has 114 valence electrons. The Balaban J connectivity index is 2.92. The molecule has 0 spiro atoms. The standard InChI is InChI=1S/C18H32N2/c1-13-9-14(2)17(15(3)10-13)16(19-7)11-20(8)12-18(4,5)6/h9-10,16,19H,11-12H2,1-8H3. The predicted octanol–water partition coefficient (Wildman–Crippen LogP) is 3.85. The van der Waals surface area contributed by atoms with Crippen LogP contribution >= 0.6 is 0 Å². The zero-order valence-electron chi connectivity index (χ0n) is 14.6. The number of aryl methyl sites for hydroxylation is 3. The summed E-state index contributed by atoms with van der Waals surface area (Å²) in [4.78, 5) is 2.43. The summed E-state index contributed by atoms with van der Waals surface area (Å²) in [6.07, 6.45) is 0. The summed E-state index contributed by atoms with van der Waals surface area (Å²) < 4.78 is 0. The van der Waals surface area contributed by atoms with Crippen molar-refractivity contribution in [2.75, 3.05) is 27.2 Å². The fourth-order valence-corrected chi connectivity index (χ4v) is 3.25. The maximum atomic E-state index is 3.49. The van der Waals surface area contributed by atoms with E-state index in [0.717, 1.165) is 13.1 Å². The van der Waals surface area contributed by atoms with Crippen LogP contribution in [-0.4, -0.2) is 32.1 Å². The summed E-state index contributed by atoms with van der Waals surface area (Å²) >= 11 is 0. The Morgan fingerprint density at radius 2 is 1.60 bits per heavy atom. The molecule has 0 saturated heterocycles. The average Bonchev–Trinajstić information content (AvgIpc) is 2.23. The molecule has 0 fully saturated rings. The molecular weight excluding hydrogens is 244 g/mol. The number of nitrogens with one attached hydrogen (secondary N) is 1. The first kappa shape index (κ1) is 17.2. The Kier molecular flexibility index (Phi) is 5.79. The minimum Gasteiger partial charge on any atom is -0.312 e. The highest BCUT2D eigenvalue weighted by atomic mass is 15.1. The van der Waals surface area contributed by atoms with Crippen molar-refractivity contribution in [1.29, 1.82) is 0 Å². The summed E-state index contributed by atoms with van der Waals surface area (Å²) in [5.74, 6) is 0. The minimum atomic E-state index is 0.338. The highest BCUT2D eigenvalue weighted by Gasteiger charge is 2.20. The topological polar surface area (TPSA) is 15.3 Å². The largest absolute Gasteiger partial charge is 0.312 e. The van der Waals surface area contributed by atoms with Gasteiger partial charge < -0.3 is 10.2 Å². The van der Waals surface area contributed by atoms with Gasteiger partial charge in [0.1, 0.15) is 0 Å². The molecule has 2 nitrogen and oxygen atoms in total. The van der Waals surface area contributed by atoms with Gasteiger partial charge in [0.25, 0.3) is 0 Å². The van der Waals surface area contributed by atoms with Gasteiger partial charge in [-0.1, -0.05) is 38.5 Å². The molecule has 1 aromatic carbocycles. The van der Waals surface area contributed by atoms with Crippen molar-refractivity contribution in [2.45, 2.75) is 47.6 Å². The molecule has 0 bridgehead atoms. The molecule has 1 atom stereocenters. The van der Waals surface area contributed by atoms with Crippen LogP contribution in [0.25, 0.3) is 0 Å². The highest BCUT2D eigenvalue weighted by molar-refractivity contribution is 5.39. The maximum Gasteiger partial charge on any atom is 0.0452 e. The van der Waals surface area contributed by atoms with Crippen molar-refractivity contribution in [2.24, 2.45) is 5.41 Å². The SMILES string of the molecule is CNC(CN(C)CC(C)(C)C)c1c(C)cc(C)cc1C. The van der Waals surface area contributed by atoms with Crippen LogP contribution in [0.15, 0.2) is 12.1 Å². The van der Waals surface area contributed by atoms with E-state index in [9.17, 15) is 0 Å². The van der Waals surface area contributed by atoms with Gasteiger partial charge in [0.05, 0.1) is 0 Å². The molecule has 0 saturated carbocycles. The number of hydrogen-bond donors (Lipinski definition) is 1. The van der Waals surface area contributed by atoms with Gasteiger partial charge >= 0.3 is 0 Å². The second kappa shape index (κ2) is 6.73. The Labute approximate surface area is 125 Å². The molecule has 0 aliphatic heterocycles. The third-order valence-corrected chi connectivity index (χ3v) is 3.67. The smallest absolute Gasteiger partial charge is 0.0452 e. The maximum absolute atomic E-state index is 3.49.